The first-order chi connectivity index (χ1) is 10.7. The molecule has 0 saturated carbocycles. The number of rotatable bonds is 2. The zero-order chi connectivity index (χ0) is 16.8. The van der Waals surface area contributed by atoms with Crippen molar-refractivity contribution in [1.29, 1.82) is 0 Å². The number of imide groups is 1. The van der Waals surface area contributed by atoms with Crippen molar-refractivity contribution in [2.24, 2.45) is 5.41 Å². The minimum Gasteiger partial charge on any atom is -0.298 e. The van der Waals surface area contributed by atoms with Crippen molar-refractivity contribution < 1.29 is 27.2 Å². The van der Waals surface area contributed by atoms with E-state index in [1.54, 1.807) is 4.90 Å². The summed E-state index contributed by atoms with van der Waals surface area (Å²) in [4.78, 5) is 25.0. The van der Waals surface area contributed by atoms with Gasteiger partial charge < -0.3 is 0 Å². The van der Waals surface area contributed by atoms with Crippen LogP contribution in [0.2, 0.25) is 0 Å². The van der Waals surface area contributed by atoms with Crippen LogP contribution < -0.4 is 5.32 Å². The molecule has 0 bridgehead atoms. The Hall–Kier alpha value is -1.96. The summed E-state index contributed by atoms with van der Waals surface area (Å²) in [5, 5.41) is 2.27. The van der Waals surface area contributed by atoms with Gasteiger partial charge in [-0.1, -0.05) is 6.07 Å². The molecule has 124 valence electrons. The van der Waals surface area contributed by atoms with Gasteiger partial charge in [-0.25, -0.2) is 4.39 Å². The lowest BCUT2D eigenvalue weighted by molar-refractivity contribution is -0.137. The van der Waals surface area contributed by atoms with Crippen LogP contribution in [0.3, 0.4) is 0 Å². The molecule has 23 heavy (non-hydrogen) atoms. The minimum atomic E-state index is -4.58. The highest BCUT2D eigenvalue weighted by atomic mass is 19.4. The molecule has 2 heterocycles. The number of halogens is 4. The second-order valence-electron chi connectivity index (χ2n) is 6.10. The second-order valence-corrected chi connectivity index (χ2v) is 6.10. The Bertz CT molecular complexity index is 674. The maximum Gasteiger partial charge on any atom is 0.416 e. The maximum atomic E-state index is 13.9. The topological polar surface area (TPSA) is 49.4 Å². The molecule has 3 rings (SSSR count). The van der Waals surface area contributed by atoms with E-state index in [0.29, 0.717) is 25.6 Å². The standard InChI is InChI=1S/C15H14F4N2O2/c16-11-5-10(15(17,18)19)2-1-9(11)7-21-4-3-14(8-21)6-12(22)20-13(14)23/h1-2,5H,3-4,6-8H2,(H,20,22,23)/t14-/m0/s1. The first-order valence-corrected chi connectivity index (χ1v) is 7.12. The molecule has 2 aliphatic heterocycles. The summed E-state index contributed by atoms with van der Waals surface area (Å²) in [5.74, 6) is -1.57. The van der Waals surface area contributed by atoms with Crippen molar-refractivity contribution in [3.05, 3.63) is 35.1 Å². The van der Waals surface area contributed by atoms with Crippen molar-refractivity contribution in [2.45, 2.75) is 25.6 Å². The molecule has 0 unspecified atom stereocenters. The molecule has 0 aromatic heterocycles. The van der Waals surface area contributed by atoms with Gasteiger partial charge in [0.15, 0.2) is 0 Å². The summed E-state index contributed by atoms with van der Waals surface area (Å²) in [6.07, 6.45) is -4.00. The number of alkyl halides is 3. The van der Waals surface area contributed by atoms with Gasteiger partial charge >= 0.3 is 6.18 Å². The van der Waals surface area contributed by atoms with Crippen LogP contribution in [0.15, 0.2) is 18.2 Å². The molecule has 2 fully saturated rings. The smallest absolute Gasteiger partial charge is 0.298 e. The average Bonchev–Trinajstić information content (AvgIpc) is 2.95. The number of carbonyl (C=O) groups is 2. The molecule has 1 aromatic carbocycles. The Labute approximate surface area is 129 Å². The highest BCUT2D eigenvalue weighted by molar-refractivity contribution is 6.06. The summed E-state index contributed by atoms with van der Waals surface area (Å²) in [5.41, 5.74) is -1.67. The third-order valence-electron chi connectivity index (χ3n) is 4.44. The van der Waals surface area contributed by atoms with Gasteiger partial charge in [0.25, 0.3) is 0 Å². The predicted octanol–water partition coefficient (Wildman–Crippen LogP) is 2.08. The zero-order valence-electron chi connectivity index (χ0n) is 12.0. The molecule has 2 aliphatic rings. The lowest BCUT2D eigenvalue weighted by Crippen LogP contribution is -2.34. The van der Waals surface area contributed by atoms with E-state index >= 15 is 0 Å². The normalized spacial score (nSPS) is 25.4. The van der Waals surface area contributed by atoms with E-state index in [9.17, 15) is 27.2 Å². The SMILES string of the molecule is O=C1C[C@]2(CCN(Cc3ccc(C(F)(F)F)cc3F)C2)C(=O)N1. The largest absolute Gasteiger partial charge is 0.416 e. The van der Waals surface area contributed by atoms with Crippen LogP contribution >= 0.6 is 0 Å². The van der Waals surface area contributed by atoms with Gasteiger partial charge in [0.1, 0.15) is 5.82 Å². The van der Waals surface area contributed by atoms with E-state index in [1.807, 2.05) is 0 Å². The van der Waals surface area contributed by atoms with E-state index in [0.717, 1.165) is 12.1 Å². The predicted molar refractivity (Wildman–Crippen MR) is 71.5 cm³/mol. The first-order valence-electron chi connectivity index (χ1n) is 7.12. The van der Waals surface area contributed by atoms with Gasteiger partial charge in [-0.15, -0.1) is 0 Å². The number of likely N-dealkylation sites (tertiary alicyclic amines) is 1. The fourth-order valence-corrected chi connectivity index (χ4v) is 3.21. The highest BCUT2D eigenvalue weighted by Gasteiger charge is 2.50. The second kappa shape index (κ2) is 5.30. The number of hydrogen-bond donors (Lipinski definition) is 1. The van der Waals surface area contributed by atoms with E-state index in [1.165, 1.54) is 0 Å². The molecular weight excluding hydrogens is 316 g/mol. The summed E-state index contributed by atoms with van der Waals surface area (Å²) < 4.78 is 51.5. The van der Waals surface area contributed by atoms with Crippen LogP contribution in [0.25, 0.3) is 0 Å². The first kappa shape index (κ1) is 15.9. The van der Waals surface area contributed by atoms with Crippen molar-refractivity contribution in [3.63, 3.8) is 0 Å². The van der Waals surface area contributed by atoms with Gasteiger partial charge in [0, 0.05) is 25.1 Å². The molecule has 0 aliphatic carbocycles. The van der Waals surface area contributed by atoms with E-state index in [4.69, 9.17) is 0 Å². The highest BCUT2D eigenvalue weighted by Crippen LogP contribution is 2.38. The third-order valence-corrected chi connectivity index (χ3v) is 4.44. The molecule has 2 saturated heterocycles. The Balaban J connectivity index is 1.72. The molecule has 1 N–H and O–H groups in total. The van der Waals surface area contributed by atoms with E-state index in [2.05, 4.69) is 5.32 Å². The molecule has 2 amide bonds. The number of benzene rings is 1. The number of amides is 2. The fourth-order valence-electron chi connectivity index (χ4n) is 3.21. The number of hydrogen-bond acceptors (Lipinski definition) is 3. The lowest BCUT2D eigenvalue weighted by atomic mass is 9.85. The molecule has 4 nitrogen and oxygen atoms in total. The molecule has 1 atom stereocenters. The van der Waals surface area contributed by atoms with Crippen LogP contribution in [0.5, 0.6) is 0 Å². The van der Waals surface area contributed by atoms with Crippen molar-refractivity contribution >= 4 is 11.8 Å². The van der Waals surface area contributed by atoms with Gasteiger partial charge in [-0.3, -0.25) is 19.8 Å². The van der Waals surface area contributed by atoms with Crippen molar-refractivity contribution in [1.82, 2.24) is 10.2 Å². The van der Waals surface area contributed by atoms with Crippen LogP contribution in [-0.4, -0.2) is 29.8 Å². The maximum absolute atomic E-state index is 13.9. The quantitative estimate of drug-likeness (QED) is 0.667. The third kappa shape index (κ3) is 2.95. The zero-order valence-corrected chi connectivity index (χ0v) is 12.0. The van der Waals surface area contributed by atoms with Crippen LogP contribution in [0, 0.1) is 11.2 Å². The van der Waals surface area contributed by atoms with Gasteiger partial charge in [0.05, 0.1) is 11.0 Å². The Kier molecular flexibility index (Phi) is 3.66. The summed E-state index contributed by atoms with van der Waals surface area (Å²) in [6, 6.07) is 2.44. The number of carbonyl (C=O) groups excluding carboxylic acids is 2. The summed E-state index contributed by atoms with van der Waals surface area (Å²) in [7, 11) is 0. The van der Waals surface area contributed by atoms with E-state index in [-0.39, 0.29) is 30.3 Å². The molecule has 8 heteroatoms. The van der Waals surface area contributed by atoms with Gasteiger partial charge in [-0.2, -0.15) is 13.2 Å². The van der Waals surface area contributed by atoms with Gasteiger partial charge in [-0.05, 0) is 25.1 Å². The fraction of sp³-hybridized carbons (Fsp3) is 0.467. The van der Waals surface area contributed by atoms with Crippen LogP contribution in [0.1, 0.15) is 24.0 Å². The van der Waals surface area contributed by atoms with Crippen LogP contribution in [-0.2, 0) is 22.3 Å². The lowest BCUT2D eigenvalue weighted by Gasteiger charge is -2.20. The molecule has 1 aromatic rings. The molecular formula is C15H14F4N2O2. The molecule has 0 radical (unpaired) electrons. The van der Waals surface area contributed by atoms with Crippen LogP contribution in [0.4, 0.5) is 17.6 Å². The Morgan fingerprint density at radius 1 is 1.26 bits per heavy atom. The summed E-state index contributed by atoms with van der Waals surface area (Å²) >= 11 is 0. The van der Waals surface area contributed by atoms with E-state index < -0.39 is 23.0 Å². The Morgan fingerprint density at radius 3 is 2.57 bits per heavy atom. The average molecular weight is 330 g/mol. The monoisotopic (exact) mass is 330 g/mol. The minimum absolute atomic E-state index is 0.104. The van der Waals surface area contributed by atoms with Gasteiger partial charge in [0.2, 0.25) is 11.8 Å². The molecule has 1 spiro atoms. The number of nitrogens with zero attached hydrogens (tertiary/aromatic N) is 1. The Morgan fingerprint density at radius 2 is 2.00 bits per heavy atom. The number of nitrogens with one attached hydrogen (secondary N) is 1. The van der Waals surface area contributed by atoms with Crippen molar-refractivity contribution in [2.75, 3.05) is 13.1 Å². The van der Waals surface area contributed by atoms with Crippen molar-refractivity contribution in [3.8, 4) is 0 Å². The summed E-state index contributed by atoms with van der Waals surface area (Å²) in [6.45, 7) is 0.888.